The van der Waals surface area contributed by atoms with Crippen LogP contribution in [0, 0.1) is 6.92 Å². The van der Waals surface area contributed by atoms with Crippen LogP contribution in [0.3, 0.4) is 0 Å². The molecule has 0 radical (unpaired) electrons. The Morgan fingerprint density at radius 2 is 2.38 bits per heavy atom. The Morgan fingerprint density at radius 1 is 1.62 bits per heavy atom. The zero-order valence-electron chi connectivity index (χ0n) is 9.73. The number of anilines is 1. The summed E-state index contributed by atoms with van der Waals surface area (Å²) in [6.07, 6.45) is 2.92. The molecule has 88 valence electrons. The van der Waals surface area contributed by atoms with Gasteiger partial charge in [-0.1, -0.05) is 0 Å². The number of nitrogen functional groups attached to an aromatic ring is 1. The van der Waals surface area contributed by atoms with Crippen LogP contribution in [0.2, 0.25) is 0 Å². The predicted molar refractivity (Wildman–Crippen MR) is 61.9 cm³/mol. The molecule has 1 aliphatic heterocycles. The molecule has 0 bridgehead atoms. The van der Waals surface area contributed by atoms with E-state index in [1.54, 1.807) is 6.20 Å². The van der Waals surface area contributed by atoms with E-state index >= 15 is 0 Å². The van der Waals surface area contributed by atoms with Gasteiger partial charge < -0.3 is 15.6 Å². The van der Waals surface area contributed by atoms with Crippen molar-refractivity contribution in [1.82, 2.24) is 4.98 Å². The first-order valence-electron chi connectivity index (χ1n) is 5.58. The summed E-state index contributed by atoms with van der Waals surface area (Å²) < 4.78 is 5.44. The van der Waals surface area contributed by atoms with Gasteiger partial charge in [0, 0.05) is 24.6 Å². The fourth-order valence-electron chi connectivity index (χ4n) is 2.26. The van der Waals surface area contributed by atoms with Crippen LogP contribution in [0.25, 0.3) is 0 Å². The van der Waals surface area contributed by atoms with Crippen molar-refractivity contribution in [2.24, 2.45) is 0 Å². The lowest BCUT2D eigenvalue weighted by Crippen LogP contribution is -2.38. The quantitative estimate of drug-likeness (QED) is 0.752. The number of pyridine rings is 1. The van der Waals surface area contributed by atoms with Crippen LogP contribution in [0.4, 0.5) is 5.82 Å². The summed E-state index contributed by atoms with van der Waals surface area (Å²) >= 11 is 0. The van der Waals surface area contributed by atoms with Gasteiger partial charge in [0.2, 0.25) is 0 Å². The van der Waals surface area contributed by atoms with Crippen LogP contribution in [0.15, 0.2) is 12.3 Å². The molecule has 0 saturated carbocycles. The van der Waals surface area contributed by atoms with Crippen LogP contribution >= 0.6 is 0 Å². The molecule has 0 aliphatic carbocycles. The van der Waals surface area contributed by atoms with Crippen molar-refractivity contribution in [3.05, 3.63) is 23.4 Å². The van der Waals surface area contributed by atoms with Gasteiger partial charge in [-0.05, 0) is 25.5 Å². The molecule has 2 unspecified atom stereocenters. The normalized spacial score (nSPS) is 30.3. The minimum absolute atomic E-state index is 0.0543. The lowest BCUT2D eigenvalue weighted by Gasteiger charge is -2.36. The van der Waals surface area contributed by atoms with Crippen molar-refractivity contribution < 1.29 is 9.84 Å². The van der Waals surface area contributed by atoms with E-state index in [9.17, 15) is 5.11 Å². The standard InChI is InChI=1S/C12H18N2O2/c1-8-5-10(11(13)14-7-8)12(15)3-4-16-9(2)6-12/h5,7,9,15H,3-4,6H2,1-2H3,(H2,13,14). The third-order valence-electron chi connectivity index (χ3n) is 3.10. The summed E-state index contributed by atoms with van der Waals surface area (Å²) in [6, 6.07) is 1.92. The van der Waals surface area contributed by atoms with Gasteiger partial charge in [0.05, 0.1) is 18.3 Å². The second-order valence-corrected chi connectivity index (χ2v) is 4.61. The van der Waals surface area contributed by atoms with Gasteiger partial charge in [-0.15, -0.1) is 0 Å². The molecule has 3 N–H and O–H groups in total. The fraction of sp³-hybridized carbons (Fsp3) is 0.583. The maximum Gasteiger partial charge on any atom is 0.129 e. The number of ether oxygens (including phenoxy) is 1. The summed E-state index contributed by atoms with van der Waals surface area (Å²) in [5, 5.41) is 10.6. The van der Waals surface area contributed by atoms with E-state index in [1.807, 2.05) is 19.9 Å². The van der Waals surface area contributed by atoms with Gasteiger partial charge in [-0.25, -0.2) is 4.98 Å². The average Bonchev–Trinajstić information content (AvgIpc) is 2.21. The molecule has 1 fully saturated rings. The Labute approximate surface area is 95.4 Å². The van der Waals surface area contributed by atoms with Crippen LogP contribution in [-0.2, 0) is 10.3 Å². The topological polar surface area (TPSA) is 68.4 Å². The SMILES string of the molecule is Cc1cnc(N)c(C2(O)CCOC(C)C2)c1. The summed E-state index contributed by atoms with van der Waals surface area (Å²) in [4.78, 5) is 4.10. The highest BCUT2D eigenvalue weighted by molar-refractivity contribution is 5.45. The average molecular weight is 222 g/mol. The molecular weight excluding hydrogens is 204 g/mol. The monoisotopic (exact) mass is 222 g/mol. The Bertz CT molecular complexity index is 395. The van der Waals surface area contributed by atoms with E-state index in [0.717, 1.165) is 11.1 Å². The van der Waals surface area contributed by atoms with Gasteiger partial charge >= 0.3 is 0 Å². The Balaban J connectivity index is 2.37. The van der Waals surface area contributed by atoms with E-state index in [1.165, 1.54) is 0 Å². The molecule has 0 aromatic carbocycles. The molecule has 1 saturated heterocycles. The Hall–Kier alpha value is -1.13. The van der Waals surface area contributed by atoms with Crippen LogP contribution in [-0.4, -0.2) is 22.8 Å². The molecule has 16 heavy (non-hydrogen) atoms. The van der Waals surface area contributed by atoms with E-state index < -0.39 is 5.60 Å². The summed E-state index contributed by atoms with van der Waals surface area (Å²) in [5.74, 6) is 0.419. The van der Waals surface area contributed by atoms with Crippen molar-refractivity contribution >= 4 is 5.82 Å². The van der Waals surface area contributed by atoms with E-state index in [-0.39, 0.29) is 6.10 Å². The number of aryl methyl sites for hydroxylation is 1. The van der Waals surface area contributed by atoms with Crippen molar-refractivity contribution in [1.29, 1.82) is 0 Å². The first kappa shape index (κ1) is 11.4. The van der Waals surface area contributed by atoms with Crippen LogP contribution < -0.4 is 5.73 Å². The third kappa shape index (κ3) is 2.03. The molecule has 2 atom stereocenters. The maximum atomic E-state index is 10.6. The highest BCUT2D eigenvalue weighted by atomic mass is 16.5. The summed E-state index contributed by atoms with van der Waals surface area (Å²) in [5.41, 5.74) is 6.70. The summed E-state index contributed by atoms with van der Waals surface area (Å²) in [6.45, 7) is 4.47. The highest BCUT2D eigenvalue weighted by Crippen LogP contribution is 2.36. The molecule has 2 rings (SSSR count). The summed E-state index contributed by atoms with van der Waals surface area (Å²) in [7, 11) is 0. The number of aromatic nitrogens is 1. The minimum atomic E-state index is -0.888. The van der Waals surface area contributed by atoms with Crippen molar-refractivity contribution in [3.63, 3.8) is 0 Å². The molecule has 2 heterocycles. The van der Waals surface area contributed by atoms with Gasteiger partial charge in [-0.3, -0.25) is 0 Å². The molecule has 4 nitrogen and oxygen atoms in total. The number of rotatable bonds is 1. The molecule has 1 aliphatic rings. The predicted octanol–water partition coefficient (Wildman–Crippen LogP) is 1.36. The second kappa shape index (κ2) is 4.03. The van der Waals surface area contributed by atoms with Crippen LogP contribution in [0.5, 0.6) is 0 Å². The van der Waals surface area contributed by atoms with Gasteiger partial charge in [0.25, 0.3) is 0 Å². The number of hydrogen-bond acceptors (Lipinski definition) is 4. The van der Waals surface area contributed by atoms with E-state index in [0.29, 0.717) is 25.3 Å². The fourth-order valence-corrected chi connectivity index (χ4v) is 2.26. The highest BCUT2D eigenvalue weighted by Gasteiger charge is 2.36. The Morgan fingerprint density at radius 3 is 3.06 bits per heavy atom. The first-order chi connectivity index (χ1) is 7.51. The minimum Gasteiger partial charge on any atom is -0.385 e. The second-order valence-electron chi connectivity index (χ2n) is 4.61. The zero-order chi connectivity index (χ0) is 11.8. The maximum absolute atomic E-state index is 10.6. The smallest absolute Gasteiger partial charge is 0.129 e. The lowest BCUT2D eigenvalue weighted by atomic mass is 9.84. The molecule has 1 aromatic heterocycles. The molecule has 0 spiro atoms. The number of hydrogen-bond donors (Lipinski definition) is 2. The largest absolute Gasteiger partial charge is 0.385 e. The van der Waals surface area contributed by atoms with E-state index in [4.69, 9.17) is 10.5 Å². The van der Waals surface area contributed by atoms with Crippen molar-refractivity contribution in [3.8, 4) is 0 Å². The van der Waals surface area contributed by atoms with Crippen molar-refractivity contribution in [2.75, 3.05) is 12.3 Å². The van der Waals surface area contributed by atoms with Gasteiger partial charge in [0.15, 0.2) is 0 Å². The number of nitrogens with zero attached hydrogens (tertiary/aromatic N) is 1. The zero-order valence-corrected chi connectivity index (χ0v) is 9.73. The molecule has 1 aromatic rings. The van der Waals surface area contributed by atoms with E-state index in [2.05, 4.69) is 4.98 Å². The first-order valence-corrected chi connectivity index (χ1v) is 5.58. The molecular formula is C12H18N2O2. The number of nitrogens with two attached hydrogens (primary N) is 1. The Kier molecular flexibility index (Phi) is 2.86. The molecule has 0 amide bonds. The van der Waals surface area contributed by atoms with Gasteiger partial charge in [0.1, 0.15) is 5.82 Å². The van der Waals surface area contributed by atoms with Gasteiger partial charge in [-0.2, -0.15) is 0 Å². The van der Waals surface area contributed by atoms with Crippen LogP contribution in [0.1, 0.15) is 30.9 Å². The third-order valence-corrected chi connectivity index (χ3v) is 3.10. The van der Waals surface area contributed by atoms with Crippen molar-refractivity contribution in [2.45, 2.75) is 38.4 Å². The molecule has 4 heteroatoms. The number of aliphatic hydroxyl groups is 1. The lowest BCUT2D eigenvalue weighted by molar-refractivity contribution is -0.101.